The van der Waals surface area contributed by atoms with E-state index >= 15 is 0 Å². The third-order valence-corrected chi connectivity index (χ3v) is 5.66. The zero-order chi connectivity index (χ0) is 19.7. The summed E-state index contributed by atoms with van der Waals surface area (Å²) in [5.41, 5.74) is 1.27. The molecule has 1 atom stereocenters. The Morgan fingerprint density at radius 1 is 1.21 bits per heavy atom. The second-order valence-electron chi connectivity index (χ2n) is 7.52. The molecule has 0 unspecified atom stereocenters. The number of hydrogen-bond donors (Lipinski definition) is 1. The van der Waals surface area contributed by atoms with E-state index in [1.165, 1.54) is 36.0 Å². The van der Waals surface area contributed by atoms with E-state index in [-0.39, 0.29) is 18.0 Å². The van der Waals surface area contributed by atoms with E-state index in [4.69, 9.17) is 0 Å². The molecule has 1 aliphatic heterocycles. The van der Waals surface area contributed by atoms with Crippen LogP contribution < -0.4 is 10.9 Å². The fourth-order valence-corrected chi connectivity index (χ4v) is 4.11. The van der Waals surface area contributed by atoms with E-state index in [2.05, 4.69) is 17.1 Å². The molecule has 0 saturated carbocycles. The lowest BCUT2D eigenvalue weighted by Crippen LogP contribution is -2.43. The molecule has 3 heterocycles. The summed E-state index contributed by atoms with van der Waals surface area (Å²) in [5, 5.41) is 2.91. The van der Waals surface area contributed by atoms with Crippen molar-refractivity contribution >= 4 is 22.5 Å². The van der Waals surface area contributed by atoms with Crippen molar-refractivity contribution < 1.29 is 9.18 Å². The summed E-state index contributed by atoms with van der Waals surface area (Å²) in [4.78, 5) is 27.7. The van der Waals surface area contributed by atoms with Crippen LogP contribution in [0.5, 0.6) is 0 Å². The third kappa shape index (κ3) is 3.54. The minimum absolute atomic E-state index is 0.129. The Kier molecular flexibility index (Phi) is 5.17. The van der Waals surface area contributed by atoms with Crippen LogP contribution in [0.3, 0.4) is 0 Å². The average Bonchev–Trinajstić information content (AvgIpc) is 3.17. The van der Waals surface area contributed by atoms with Crippen LogP contribution in [0.4, 0.5) is 4.39 Å². The summed E-state index contributed by atoms with van der Waals surface area (Å²) in [5.74, 6) is -0.681. The molecule has 0 spiro atoms. The van der Waals surface area contributed by atoms with Gasteiger partial charge in [0.2, 0.25) is 5.91 Å². The van der Waals surface area contributed by atoms with Gasteiger partial charge in [-0.3, -0.25) is 19.1 Å². The molecule has 0 aliphatic carbocycles. The molecule has 1 aromatic carbocycles. The van der Waals surface area contributed by atoms with Gasteiger partial charge < -0.3 is 9.72 Å². The number of benzene rings is 1. The Bertz CT molecular complexity index is 1070. The molecular weight excluding hydrogens is 359 g/mol. The smallest absolute Gasteiger partial charge is 0.275 e. The zero-order valence-electron chi connectivity index (χ0n) is 16.0. The van der Waals surface area contributed by atoms with E-state index in [0.29, 0.717) is 29.1 Å². The molecule has 2 aromatic heterocycles. The second-order valence-corrected chi connectivity index (χ2v) is 7.52. The van der Waals surface area contributed by atoms with Crippen molar-refractivity contribution in [2.45, 2.75) is 38.8 Å². The lowest BCUT2D eigenvalue weighted by Gasteiger charge is -2.33. The lowest BCUT2D eigenvalue weighted by atomic mass is 10.0. The van der Waals surface area contributed by atoms with Gasteiger partial charge in [-0.15, -0.1) is 0 Å². The van der Waals surface area contributed by atoms with Gasteiger partial charge in [-0.2, -0.15) is 0 Å². The van der Waals surface area contributed by atoms with E-state index < -0.39 is 5.82 Å². The Hall–Kier alpha value is -2.67. The molecule has 0 radical (unpaired) electrons. The highest BCUT2D eigenvalue weighted by Gasteiger charge is 2.18. The Balaban J connectivity index is 1.53. The van der Waals surface area contributed by atoms with Gasteiger partial charge in [0, 0.05) is 25.3 Å². The molecule has 6 nitrogen and oxygen atoms in total. The van der Waals surface area contributed by atoms with E-state index in [1.54, 1.807) is 28.8 Å². The summed E-state index contributed by atoms with van der Waals surface area (Å²) >= 11 is 0. The first-order chi connectivity index (χ1) is 13.5. The maximum absolute atomic E-state index is 13.8. The largest absolute Gasteiger partial charge is 0.353 e. The maximum atomic E-state index is 13.8. The van der Waals surface area contributed by atoms with Crippen molar-refractivity contribution in [2.75, 3.05) is 19.6 Å². The highest BCUT2D eigenvalue weighted by Crippen LogP contribution is 2.17. The number of nitrogens with zero attached hydrogens (tertiary/aromatic N) is 3. The van der Waals surface area contributed by atoms with E-state index in [9.17, 15) is 14.0 Å². The van der Waals surface area contributed by atoms with Crippen LogP contribution in [0, 0.1) is 5.82 Å². The molecule has 1 amide bonds. The molecule has 1 aliphatic rings. The van der Waals surface area contributed by atoms with Gasteiger partial charge in [-0.25, -0.2) is 4.39 Å². The molecule has 4 rings (SSSR count). The summed E-state index contributed by atoms with van der Waals surface area (Å²) in [7, 11) is 0. The van der Waals surface area contributed by atoms with Crippen molar-refractivity contribution in [3.63, 3.8) is 0 Å². The van der Waals surface area contributed by atoms with Crippen molar-refractivity contribution in [1.82, 2.24) is 19.2 Å². The topological polar surface area (TPSA) is 58.8 Å². The lowest BCUT2D eigenvalue weighted by molar-refractivity contribution is -0.121. The first-order valence-corrected chi connectivity index (χ1v) is 9.84. The van der Waals surface area contributed by atoms with Crippen molar-refractivity contribution in [1.29, 1.82) is 0 Å². The number of rotatable bonds is 5. The summed E-state index contributed by atoms with van der Waals surface area (Å²) in [6.07, 6.45) is 5.42. The Morgan fingerprint density at radius 2 is 2.07 bits per heavy atom. The van der Waals surface area contributed by atoms with Gasteiger partial charge in [-0.1, -0.05) is 6.42 Å². The fraction of sp³-hybridized carbons (Fsp3) is 0.429. The van der Waals surface area contributed by atoms with Gasteiger partial charge in [0.15, 0.2) is 0 Å². The van der Waals surface area contributed by atoms with Gasteiger partial charge >= 0.3 is 0 Å². The summed E-state index contributed by atoms with van der Waals surface area (Å²) < 4.78 is 16.9. The maximum Gasteiger partial charge on any atom is 0.275 e. The molecule has 1 saturated heterocycles. The minimum Gasteiger partial charge on any atom is -0.353 e. The summed E-state index contributed by atoms with van der Waals surface area (Å²) in [6, 6.07) is 8.30. The zero-order valence-corrected chi connectivity index (χ0v) is 16.0. The van der Waals surface area contributed by atoms with Crippen LogP contribution in [0.1, 0.15) is 26.2 Å². The number of amides is 1. The Labute approximate surface area is 162 Å². The molecule has 7 heteroatoms. The number of likely N-dealkylation sites (tertiary alicyclic amines) is 1. The predicted octanol–water partition coefficient (Wildman–Crippen LogP) is 2.38. The van der Waals surface area contributed by atoms with Gasteiger partial charge in [-0.05, 0) is 56.6 Å². The molecule has 3 aromatic rings. The number of piperidine rings is 1. The Morgan fingerprint density at radius 3 is 2.89 bits per heavy atom. The summed E-state index contributed by atoms with van der Waals surface area (Å²) in [6.45, 7) is 4.49. The van der Waals surface area contributed by atoms with Gasteiger partial charge in [0.05, 0.1) is 11.0 Å². The number of carbonyl (C=O) groups is 1. The second kappa shape index (κ2) is 7.75. The van der Waals surface area contributed by atoms with Crippen molar-refractivity contribution in [2.24, 2.45) is 0 Å². The highest BCUT2D eigenvalue weighted by atomic mass is 19.1. The van der Waals surface area contributed by atoms with Gasteiger partial charge in [0.25, 0.3) is 5.56 Å². The number of halogens is 1. The molecule has 148 valence electrons. The van der Waals surface area contributed by atoms with Crippen LogP contribution >= 0.6 is 0 Å². The average molecular weight is 384 g/mol. The number of aromatic nitrogens is 2. The standard InChI is InChI=1S/C21H25FN4O2/c1-15-5-2-3-10-24(15)12-9-23-20(27)14-26-19-13-16(22)7-8-17(19)25-11-4-6-18(25)21(26)28/h4,6-8,11,13,15H,2-3,5,9-10,12,14H2,1H3,(H,23,27)/t15-/m0/s1. The molecular formula is C21H25FN4O2. The predicted molar refractivity (Wildman–Crippen MR) is 107 cm³/mol. The van der Waals surface area contributed by atoms with E-state index in [0.717, 1.165) is 13.1 Å². The SMILES string of the molecule is C[C@H]1CCCCN1CCNC(=O)Cn1c(=O)c2cccn2c2ccc(F)cc21. The quantitative estimate of drug-likeness (QED) is 0.735. The van der Waals surface area contributed by atoms with Crippen LogP contribution in [-0.4, -0.2) is 45.5 Å². The normalized spacial score (nSPS) is 18.0. The third-order valence-electron chi connectivity index (χ3n) is 5.66. The van der Waals surface area contributed by atoms with Crippen LogP contribution in [-0.2, 0) is 11.3 Å². The fourth-order valence-electron chi connectivity index (χ4n) is 4.11. The number of nitrogens with one attached hydrogen (secondary N) is 1. The van der Waals surface area contributed by atoms with Crippen LogP contribution in [0.2, 0.25) is 0 Å². The molecule has 1 N–H and O–H groups in total. The van der Waals surface area contributed by atoms with Crippen molar-refractivity contribution in [3.05, 3.63) is 52.7 Å². The first kappa shape index (κ1) is 18.7. The minimum atomic E-state index is -0.438. The number of hydrogen-bond acceptors (Lipinski definition) is 3. The highest BCUT2D eigenvalue weighted by molar-refractivity contribution is 5.82. The first-order valence-electron chi connectivity index (χ1n) is 9.84. The van der Waals surface area contributed by atoms with Crippen LogP contribution in [0.25, 0.3) is 16.6 Å². The van der Waals surface area contributed by atoms with Crippen molar-refractivity contribution in [3.8, 4) is 0 Å². The van der Waals surface area contributed by atoms with Crippen LogP contribution in [0.15, 0.2) is 41.3 Å². The molecule has 28 heavy (non-hydrogen) atoms. The van der Waals surface area contributed by atoms with Gasteiger partial charge in [0.1, 0.15) is 17.9 Å². The van der Waals surface area contributed by atoms with E-state index in [1.807, 2.05) is 0 Å². The monoisotopic (exact) mass is 384 g/mol. The number of carbonyl (C=O) groups excluding carboxylic acids is 1. The number of fused-ring (bicyclic) bond motifs is 3. The molecule has 1 fully saturated rings. The molecule has 0 bridgehead atoms.